The minimum atomic E-state index is -0.307. The van der Waals surface area contributed by atoms with Gasteiger partial charge in [0.1, 0.15) is 5.69 Å². The Bertz CT molecular complexity index is 735. The van der Waals surface area contributed by atoms with E-state index in [1.54, 1.807) is 0 Å². The maximum atomic E-state index is 12.3. The van der Waals surface area contributed by atoms with E-state index in [2.05, 4.69) is 10.4 Å². The van der Waals surface area contributed by atoms with Gasteiger partial charge in [0, 0.05) is 18.3 Å². The van der Waals surface area contributed by atoms with E-state index in [0.717, 1.165) is 29.7 Å². The Labute approximate surface area is 130 Å². The van der Waals surface area contributed by atoms with Crippen molar-refractivity contribution in [1.29, 1.82) is 0 Å². The van der Waals surface area contributed by atoms with Gasteiger partial charge in [-0.15, -0.1) is 0 Å². The first-order chi connectivity index (χ1) is 10.5. The molecule has 5 nitrogen and oxygen atoms in total. The highest BCUT2D eigenvalue weighted by Gasteiger charge is 2.11. The van der Waals surface area contributed by atoms with E-state index in [-0.39, 0.29) is 17.2 Å². The van der Waals surface area contributed by atoms with Crippen molar-refractivity contribution in [3.8, 4) is 0 Å². The Morgan fingerprint density at radius 3 is 2.73 bits per heavy atom. The highest BCUT2D eigenvalue weighted by atomic mass is 16.2. The SMILES string of the molecule is CCCCn1nc(C(=O)Nc2cc(C)ccc2C)ccc1=O. The van der Waals surface area contributed by atoms with Crippen LogP contribution in [0.1, 0.15) is 41.4 Å². The molecule has 0 radical (unpaired) electrons. The Kier molecular flexibility index (Phi) is 5.09. The molecule has 116 valence electrons. The number of unbranched alkanes of at least 4 members (excludes halogenated alkanes) is 1. The van der Waals surface area contributed by atoms with E-state index in [1.165, 1.54) is 16.8 Å². The quantitative estimate of drug-likeness (QED) is 0.923. The van der Waals surface area contributed by atoms with E-state index in [0.29, 0.717) is 6.54 Å². The van der Waals surface area contributed by atoms with Crippen LogP contribution in [0.2, 0.25) is 0 Å². The average molecular weight is 299 g/mol. The molecule has 1 heterocycles. The summed E-state index contributed by atoms with van der Waals surface area (Å²) in [5.41, 5.74) is 2.88. The molecule has 1 aromatic heterocycles. The molecule has 1 amide bonds. The standard InChI is InChI=1S/C17H21N3O2/c1-4-5-10-20-16(21)9-8-14(19-20)17(22)18-15-11-12(2)6-7-13(15)3/h6-9,11H,4-5,10H2,1-3H3,(H,18,22). The summed E-state index contributed by atoms with van der Waals surface area (Å²) in [6.45, 7) is 6.48. The molecule has 22 heavy (non-hydrogen) atoms. The number of carbonyl (C=O) groups is 1. The van der Waals surface area contributed by atoms with Crippen molar-refractivity contribution in [1.82, 2.24) is 9.78 Å². The smallest absolute Gasteiger partial charge is 0.276 e. The molecule has 0 atom stereocenters. The summed E-state index contributed by atoms with van der Waals surface area (Å²) in [5, 5.41) is 7.00. The Balaban J connectivity index is 2.22. The first kappa shape index (κ1) is 15.9. The lowest BCUT2D eigenvalue weighted by molar-refractivity contribution is 0.101. The number of nitrogens with zero attached hydrogens (tertiary/aromatic N) is 2. The monoisotopic (exact) mass is 299 g/mol. The van der Waals surface area contributed by atoms with Crippen molar-refractivity contribution in [3.63, 3.8) is 0 Å². The third-order valence-corrected chi connectivity index (χ3v) is 3.46. The van der Waals surface area contributed by atoms with Gasteiger partial charge in [-0.25, -0.2) is 4.68 Å². The van der Waals surface area contributed by atoms with Gasteiger partial charge in [-0.05, 0) is 43.5 Å². The van der Waals surface area contributed by atoms with Crippen LogP contribution in [-0.2, 0) is 6.54 Å². The van der Waals surface area contributed by atoms with E-state index < -0.39 is 0 Å². The Morgan fingerprint density at radius 2 is 2.00 bits per heavy atom. The molecule has 2 aromatic rings. The Hall–Kier alpha value is -2.43. The predicted molar refractivity (Wildman–Crippen MR) is 87.3 cm³/mol. The molecule has 0 saturated heterocycles. The van der Waals surface area contributed by atoms with Gasteiger partial charge in [0.2, 0.25) is 0 Å². The zero-order chi connectivity index (χ0) is 16.1. The first-order valence-corrected chi connectivity index (χ1v) is 7.48. The number of nitrogens with one attached hydrogen (secondary N) is 1. The molecule has 0 aliphatic heterocycles. The normalized spacial score (nSPS) is 10.5. The van der Waals surface area contributed by atoms with E-state index >= 15 is 0 Å². The molecular formula is C17H21N3O2. The number of aryl methyl sites for hydroxylation is 3. The lowest BCUT2D eigenvalue weighted by Gasteiger charge is -2.10. The van der Waals surface area contributed by atoms with Crippen LogP contribution in [0.5, 0.6) is 0 Å². The van der Waals surface area contributed by atoms with Crippen molar-refractivity contribution in [2.75, 3.05) is 5.32 Å². The minimum Gasteiger partial charge on any atom is -0.320 e. The lowest BCUT2D eigenvalue weighted by atomic mass is 10.1. The van der Waals surface area contributed by atoms with Gasteiger partial charge in [-0.2, -0.15) is 5.10 Å². The summed E-state index contributed by atoms with van der Waals surface area (Å²) in [5.74, 6) is -0.307. The summed E-state index contributed by atoms with van der Waals surface area (Å²) in [4.78, 5) is 24.1. The third kappa shape index (κ3) is 3.81. The van der Waals surface area contributed by atoms with E-state index in [4.69, 9.17) is 0 Å². The fourth-order valence-corrected chi connectivity index (χ4v) is 2.09. The predicted octanol–water partition coefficient (Wildman–Crippen LogP) is 2.91. The molecule has 0 bridgehead atoms. The lowest BCUT2D eigenvalue weighted by Crippen LogP contribution is -2.26. The molecule has 0 unspecified atom stereocenters. The molecule has 0 saturated carbocycles. The van der Waals surface area contributed by atoms with Crippen molar-refractivity contribution < 1.29 is 4.79 Å². The molecule has 5 heteroatoms. The second-order valence-corrected chi connectivity index (χ2v) is 5.41. The minimum absolute atomic E-state index is 0.184. The highest BCUT2D eigenvalue weighted by Crippen LogP contribution is 2.16. The summed E-state index contributed by atoms with van der Waals surface area (Å²) in [6, 6.07) is 8.72. The van der Waals surface area contributed by atoms with Crippen molar-refractivity contribution in [2.24, 2.45) is 0 Å². The topological polar surface area (TPSA) is 64.0 Å². The van der Waals surface area contributed by atoms with Crippen LogP contribution in [0, 0.1) is 13.8 Å². The number of hydrogen-bond acceptors (Lipinski definition) is 3. The van der Waals surface area contributed by atoms with Crippen LogP contribution in [0.15, 0.2) is 35.1 Å². The summed E-state index contributed by atoms with van der Waals surface area (Å²) >= 11 is 0. The third-order valence-electron chi connectivity index (χ3n) is 3.46. The zero-order valence-electron chi connectivity index (χ0n) is 13.2. The van der Waals surface area contributed by atoms with Crippen LogP contribution in [0.3, 0.4) is 0 Å². The average Bonchev–Trinajstić information content (AvgIpc) is 2.50. The fourth-order valence-electron chi connectivity index (χ4n) is 2.09. The van der Waals surface area contributed by atoms with Crippen molar-refractivity contribution >= 4 is 11.6 Å². The maximum absolute atomic E-state index is 12.3. The summed E-state index contributed by atoms with van der Waals surface area (Å²) < 4.78 is 1.35. The van der Waals surface area contributed by atoms with Crippen LogP contribution in [0.25, 0.3) is 0 Å². The number of aromatic nitrogens is 2. The van der Waals surface area contributed by atoms with Gasteiger partial charge in [-0.1, -0.05) is 25.5 Å². The number of anilines is 1. The van der Waals surface area contributed by atoms with Crippen molar-refractivity contribution in [3.05, 3.63) is 57.5 Å². The van der Waals surface area contributed by atoms with Gasteiger partial charge < -0.3 is 5.32 Å². The van der Waals surface area contributed by atoms with Crippen molar-refractivity contribution in [2.45, 2.75) is 40.2 Å². The largest absolute Gasteiger partial charge is 0.320 e. The maximum Gasteiger partial charge on any atom is 0.276 e. The number of benzene rings is 1. The van der Waals surface area contributed by atoms with Gasteiger partial charge in [0.25, 0.3) is 11.5 Å². The van der Waals surface area contributed by atoms with Crippen LogP contribution in [-0.4, -0.2) is 15.7 Å². The molecular weight excluding hydrogens is 278 g/mol. The first-order valence-electron chi connectivity index (χ1n) is 7.48. The van der Waals surface area contributed by atoms with Crippen LogP contribution in [0.4, 0.5) is 5.69 Å². The molecule has 0 fully saturated rings. The number of amides is 1. The fraction of sp³-hybridized carbons (Fsp3) is 0.353. The molecule has 1 N–H and O–H groups in total. The molecule has 1 aromatic carbocycles. The molecule has 0 aliphatic carbocycles. The summed E-state index contributed by atoms with van der Waals surface area (Å²) in [6.07, 6.45) is 1.82. The number of rotatable bonds is 5. The molecule has 2 rings (SSSR count). The van der Waals surface area contributed by atoms with Gasteiger partial charge in [0.05, 0.1) is 0 Å². The van der Waals surface area contributed by atoms with Gasteiger partial charge in [0.15, 0.2) is 0 Å². The van der Waals surface area contributed by atoms with E-state index in [9.17, 15) is 9.59 Å². The number of carbonyl (C=O) groups excluding carboxylic acids is 1. The Morgan fingerprint density at radius 1 is 1.23 bits per heavy atom. The zero-order valence-corrected chi connectivity index (χ0v) is 13.2. The molecule has 0 aliphatic rings. The van der Waals surface area contributed by atoms with Gasteiger partial charge in [-0.3, -0.25) is 9.59 Å². The number of hydrogen-bond donors (Lipinski definition) is 1. The summed E-state index contributed by atoms with van der Waals surface area (Å²) in [7, 11) is 0. The highest BCUT2D eigenvalue weighted by molar-refractivity contribution is 6.03. The molecule has 0 spiro atoms. The second-order valence-electron chi connectivity index (χ2n) is 5.41. The second kappa shape index (κ2) is 7.02. The van der Waals surface area contributed by atoms with Crippen LogP contribution >= 0.6 is 0 Å². The van der Waals surface area contributed by atoms with E-state index in [1.807, 2.05) is 39.0 Å². The van der Waals surface area contributed by atoms with Gasteiger partial charge >= 0.3 is 0 Å². The van der Waals surface area contributed by atoms with Crippen LogP contribution < -0.4 is 10.9 Å².